The molecule has 1 aromatic rings. The molecule has 1 aliphatic rings. The Kier molecular flexibility index (Phi) is 9.10. The number of thioether (sulfide) groups is 1. The predicted octanol–water partition coefficient (Wildman–Crippen LogP) is 3.32. The summed E-state index contributed by atoms with van der Waals surface area (Å²) in [5.74, 6) is 3.66. The van der Waals surface area contributed by atoms with Crippen LogP contribution in [-0.4, -0.2) is 31.1 Å². The van der Waals surface area contributed by atoms with E-state index in [0.29, 0.717) is 18.5 Å². The molecule has 1 heterocycles. The second-order valence-electron chi connectivity index (χ2n) is 5.02. The number of guanidine groups is 1. The third-order valence-corrected chi connectivity index (χ3v) is 4.64. The molecule has 4 nitrogen and oxygen atoms in total. The number of rotatable bonds is 5. The Bertz CT molecular complexity index is 450. The Morgan fingerprint density at radius 1 is 1.48 bits per heavy atom. The van der Waals surface area contributed by atoms with Gasteiger partial charge in [0, 0.05) is 24.9 Å². The maximum Gasteiger partial charge on any atom is 0.193 e. The number of nitrogens with two attached hydrogens (primary N) is 1. The van der Waals surface area contributed by atoms with Crippen LogP contribution in [0.15, 0.2) is 29.3 Å². The van der Waals surface area contributed by atoms with Crippen molar-refractivity contribution in [2.75, 3.05) is 30.5 Å². The molecule has 2 rings (SSSR count). The van der Waals surface area contributed by atoms with E-state index in [1.165, 1.54) is 24.3 Å². The molecular weight excluding hydrogens is 397 g/mol. The summed E-state index contributed by atoms with van der Waals surface area (Å²) in [7, 11) is 1.69. The fourth-order valence-electron chi connectivity index (χ4n) is 2.28. The molecule has 1 saturated heterocycles. The molecule has 1 aromatic carbocycles. The van der Waals surface area contributed by atoms with Crippen LogP contribution in [0.2, 0.25) is 0 Å². The van der Waals surface area contributed by atoms with Crippen molar-refractivity contribution >= 4 is 47.4 Å². The number of aliphatic imine (C=N–C) groups is 1. The maximum absolute atomic E-state index is 5.98. The van der Waals surface area contributed by atoms with Crippen molar-refractivity contribution in [1.82, 2.24) is 0 Å². The van der Waals surface area contributed by atoms with Crippen molar-refractivity contribution < 1.29 is 4.74 Å². The topological polar surface area (TPSA) is 59.6 Å². The monoisotopic (exact) mass is 421 g/mol. The van der Waals surface area contributed by atoms with Crippen molar-refractivity contribution in [3.63, 3.8) is 0 Å². The highest BCUT2D eigenvalue weighted by Gasteiger charge is 2.13. The molecule has 1 atom stereocenters. The quantitative estimate of drug-likeness (QED) is 0.435. The minimum absolute atomic E-state index is 0. The van der Waals surface area contributed by atoms with E-state index < -0.39 is 0 Å². The fraction of sp³-hybridized carbons (Fsp3) is 0.533. The van der Waals surface area contributed by atoms with Gasteiger partial charge in [-0.05, 0) is 36.3 Å². The zero-order valence-electron chi connectivity index (χ0n) is 12.4. The normalized spacial score (nSPS) is 18.9. The first-order chi connectivity index (χ1) is 9.79. The molecule has 0 amide bonds. The van der Waals surface area contributed by atoms with Gasteiger partial charge in [-0.2, -0.15) is 11.8 Å². The SMILES string of the molecule is COCc1ccccc1NC(N)=NCC1CCCSC1.I. The van der Waals surface area contributed by atoms with Gasteiger partial charge in [-0.3, -0.25) is 4.99 Å². The van der Waals surface area contributed by atoms with E-state index >= 15 is 0 Å². The molecule has 6 heteroatoms. The number of benzene rings is 1. The summed E-state index contributed by atoms with van der Waals surface area (Å²) in [5.41, 5.74) is 8.03. The van der Waals surface area contributed by atoms with Crippen LogP contribution in [0.3, 0.4) is 0 Å². The van der Waals surface area contributed by atoms with Gasteiger partial charge < -0.3 is 15.8 Å². The van der Waals surface area contributed by atoms with Crippen molar-refractivity contribution in [2.24, 2.45) is 16.6 Å². The van der Waals surface area contributed by atoms with E-state index in [0.717, 1.165) is 17.8 Å². The number of methoxy groups -OCH3 is 1. The summed E-state index contributed by atoms with van der Waals surface area (Å²) in [6.45, 7) is 1.38. The van der Waals surface area contributed by atoms with E-state index in [1.54, 1.807) is 7.11 Å². The van der Waals surface area contributed by atoms with E-state index in [2.05, 4.69) is 10.3 Å². The second kappa shape index (κ2) is 10.3. The summed E-state index contributed by atoms with van der Waals surface area (Å²) >= 11 is 2.02. The Hall–Kier alpha value is -0.470. The summed E-state index contributed by atoms with van der Waals surface area (Å²) in [5, 5.41) is 3.18. The zero-order valence-corrected chi connectivity index (χ0v) is 15.5. The molecule has 0 saturated carbocycles. The molecule has 0 aliphatic carbocycles. The van der Waals surface area contributed by atoms with Gasteiger partial charge in [-0.25, -0.2) is 0 Å². The molecule has 1 fully saturated rings. The average molecular weight is 421 g/mol. The number of halogens is 1. The molecule has 118 valence electrons. The largest absolute Gasteiger partial charge is 0.380 e. The van der Waals surface area contributed by atoms with E-state index in [9.17, 15) is 0 Å². The second-order valence-corrected chi connectivity index (χ2v) is 6.17. The Balaban J connectivity index is 0.00000220. The molecule has 21 heavy (non-hydrogen) atoms. The van der Waals surface area contributed by atoms with Crippen LogP contribution in [0.25, 0.3) is 0 Å². The maximum atomic E-state index is 5.98. The summed E-state index contributed by atoms with van der Waals surface area (Å²) < 4.78 is 5.18. The van der Waals surface area contributed by atoms with E-state index in [1.807, 2.05) is 36.0 Å². The zero-order chi connectivity index (χ0) is 14.2. The van der Waals surface area contributed by atoms with Gasteiger partial charge in [-0.15, -0.1) is 24.0 Å². The molecule has 1 aliphatic heterocycles. The molecule has 0 aromatic heterocycles. The Morgan fingerprint density at radius 2 is 2.29 bits per heavy atom. The number of hydrogen-bond acceptors (Lipinski definition) is 3. The third kappa shape index (κ3) is 6.44. The Morgan fingerprint density at radius 3 is 3.00 bits per heavy atom. The van der Waals surface area contributed by atoms with Crippen molar-refractivity contribution in [3.8, 4) is 0 Å². The lowest BCUT2D eigenvalue weighted by Gasteiger charge is -2.19. The lowest BCUT2D eigenvalue weighted by Crippen LogP contribution is -2.25. The highest BCUT2D eigenvalue weighted by Crippen LogP contribution is 2.22. The third-order valence-electron chi connectivity index (χ3n) is 3.35. The first-order valence-electron chi connectivity index (χ1n) is 7.01. The van der Waals surface area contributed by atoms with E-state index in [4.69, 9.17) is 10.5 Å². The molecule has 0 bridgehead atoms. The first-order valence-corrected chi connectivity index (χ1v) is 8.16. The highest BCUT2D eigenvalue weighted by atomic mass is 127. The van der Waals surface area contributed by atoms with Gasteiger partial charge in [0.25, 0.3) is 0 Å². The van der Waals surface area contributed by atoms with Crippen LogP contribution in [0.5, 0.6) is 0 Å². The molecule has 0 radical (unpaired) electrons. The first kappa shape index (κ1) is 18.6. The van der Waals surface area contributed by atoms with Crippen LogP contribution in [0.1, 0.15) is 18.4 Å². The minimum Gasteiger partial charge on any atom is -0.380 e. The number of nitrogens with zero attached hydrogens (tertiary/aromatic N) is 1. The molecule has 1 unspecified atom stereocenters. The summed E-state index contributed by atoms with van der Waals surface area (Å²) in [6, 6.07) is 7.99. The highest BCUT2D eigenvalue weighted by molar-refractivity contribution is 14.0. The molecule has 0 spiro atoms. The van der Waals surface area contributed by atoms with Crippen LogP contribution in [0, 0.1) is 5.92 Å². The lowest BCUT2D eigenvalue weighted by molar-refractivity contribution is 0.185. The van der Waals surface area contributed by atoms with Crippen molar-refractivity contribution in [1.29, 1.82) is 0 Å². The number of nitrogens with one attached hydrogen (secondary N) is 1. The van der Waals surface area contributed by atoms with Gasteiger partial charge >= 0.3 is 0 Å². The average Bonchev–Trinajstić information content (AvgIpc) is 2.49. The van der Waals surface area contributed by atoms with Gasteiger partial charge in [0.2, 0.25) is 0 Å². The molecular formula is C15H24IN3OS. The summed E-state index contributed by atoms with van der Waals surface area (Å²) in [6.07, 6.45) is 2.57. The van der Waals surface area contributed by atoms with E-state index in [-0.39, 0.29) is 24.0 Å². The van der Waals surface area contributed by atoms with Gasteiger partial charge in [0.15, 0.2) is 5.96 Å². The number of para-hydroxylation sites is 1. The fourth-order valence-corrected chi connectivity index (χ4v) is 3.42. The number of anilines is 1. The van der Waals surface area contributed by atoms with Crippen LogP contribution >= 0.6 is 35.7 Å². The Labute approximate surface area is 148 Å². The van der Waals surface area contributed by atoms with Crippen LogP contribution in [0.4, 0.5) is 5.69 Å². The van der Waals surface area contributed by atoms with Crippen molar-refractivity contribution in [3.05, 3.63) is 29.8 Å². The number of ether oxygens (including phenoxy) is 1. The van der Waals surface area contributed by atoms with Gasteiger partial charge in [-0.1, -0.05) is 18.2 Å². The van der Waals surface area contributed by atoms with Crippen LogP contribution in [-0.2, 0) is 11.3 Å². The summed E-state index contributed by atoms with van der Waals surface area (Å²) in [4.78, 5) is 4.47. The number of hydrogen-bond donors (Lipinski definition) is 2. The lowest BCUT2D eigenvalue weighted by atomic mass is 10.1. The van der Waals surface area contributed by atoms with Crippen LogP contribution < -0.4 is 11.1 Å². The predicted molar refractivity (Wildman–Crippen MR) is 103 cm³/mol. The van der Waals surface area contributed by atoms with Gasteiger partial charge in [0.1, 0.15) is 0 Å². The van der Waals surface area contributed by atoms with Crippen molar-refractivity contribution in [2.45, 2.75) is 19.4 Å². The molecule has 3 N–H and O–H groups in total. The standard InChI is InChI=1S/C15H23N3OS.HI/c1-19-10-13-6-2-3-7-14(13)18-15(16)17-9-12-5-4-8-20-11-12;/h2-3,6-7,12H,4-5,8-11H2,1H3,(H3,16,17,18);1H. The minimum atomic E-state index is 0. The smallest absolute Gasteiger partial charge is 0.193 e. The van der Waals surface area contributed by atoms with Gasteiger partial charge in [0.05, 0.1) is 6.61 Å².